The number of rotatable bonds is 4. The van der Waals surface area contributed by atoms with Crippen molar-refractivity contribution in [3.05, 3.63) is 29.8 Å². The molecular formula is C14H19NO5S. The second-order valence-electron chi connectivity index (χ2n) is 5.60. The van der Waals surface area contributed by atoms with Gasteiger partial charge in [-0.2, -0.15) is 0 Å². The van der Waals surface area contributed by atoms with Crippen LogP contribution in [0.25, 0.3) is 0 Å². The molecule has 0 aliphatic heterocycles. The SMILES string of the molecule is CC(C)(C)OC(=O)NC(C=O)c1ccc(S(C)(=O)=O)cc1. The minimum Gasteiger partial charge on any atom is -0.444 e. The lowest BCUT2D eigenvalue weighted by Crippen LogP contribution is -2.35. The minimum absolute atomic E-state index is 0.146. The Labute approximate surface area is 124 Å². The van der Waals surface area contributed by atoms with Crippen molar-refractivity contribution in [1.29, 1.82) is 0 Å². The number of aldehydes is 1. The molecule has 0 aromatic heterocycles. The Morgan fingerprint density at radius 3 is 2.14 bits per heavy atom. The molecule has 116 valence electrons. The third-order valence-electron chi connectivity index (χ3n) is 2.48. The number of alkyl carbamates (subject to hydrolysis) is 1. The van der Waals surface area contributed by atoms with Crippen LogP contribution in [0.1, 0.15) is 32.4 Å². The Morgan fingerprint density at radius 2 is 1.76 bits per heavy atom. The second-order valence-corrected chi connectivity index (χ2v) is 7.62. The molecule has 0 heterocycles. The van der Waals surface area contributed by atoms with Gasteiger partial charge in [0.1, 0.15) is 17.9 Å². The zero-order valence-electron chi connectivity index (χ0n) is 12.4. The maximum absolute atomic E-state index is 11.6. The van der Waals surface area contributed by atoms with E-state index in [2.05, 4.69) is 5.32 Å². The molecule has 0 aliphatic rings. The monoisotopic (exact) mass is 313 g/mol. The zero-order chi connectivity index (χ0) is 16.3. The normalized spacial score (nSPS) is 13.3. The average Bonchev–Trinajstić information content (AvgIpc) is 2.33. The maximum Gasteiger partial charge on any atom is 0.408 e. The van der Waals surface area contributed by atoms with Crippen molar-refractivity contribution < 1.29 is 22.7 Å². The summed E-state index contributed by atoms with van der Waals surface area (Å²) in [6.45, 7) is 5.14. The van der Waals surface area contributed by atoms with E-state index >= 15 is 0 Å². The van der Waals surface area contributed by atoms with Crippen LogP contribution in [0.5, 0.6) is 0 Å². The molecule has 0 bridgehead atoms. The van der Waals surface area contributed by atoms with Gasteiger partial charge in [-0.1, -0.05) is 12.1 Å². The molecular weight excluding hydrogens is 294 g/mol. The van der Waals surface area contributed by atoms with Gasteiger partial charge in [0.05, 0.1) is 4.90 Å². The summed E-state index contributed by atoms with van der Waals surface area (Å²) in [6.07, 6.45) is 0.934. The summed E-state index contributed by atoms with van der Waals surface area (Å²) in [5.41, 5.74) is -0.194. The molecule has 0 aliphatic carbocycles. The van der Waals surface area contributed by atoms with Crippen LogP contribution in [0.2, 0.25) is 0 Å². The molecule has 0 fully saturated rings. The fourth-order valence-electron chi connectivity index (χ4n) is 1.55. The van der Waals surface area contributed by atoms with E-state index in [0.29, 0.717) is 11.8 Å². The first kappa shape index (κ1) is 17.2. The van der Waals surface area contributed by atoms with Gasteiger partial charge in [-0.15, -0.1) is 0 Å². The first-order valence-corrected chi connectivity index (χ1v) is 8.17. The van der Waals surface area contributed by atoms with Gasteiger partial charge >= 0.3 is 6.09 Å². The van der Waals surface area contributed by atoms with E-state index < -0.39 is 27.6 Å². The van der Waals surface area contributed by atoms with E-state index in [1.54, 1.807) is 20.8 Å². The van der Waals surface area contributed by atoms with E-state index in [9.17, 15) is 18.0 Å². The van der Waals surface area contributed by atoms with Crippen molar-refractivity contribution in [2.75, 3.05) is 6.26 Å². The predicted molar refractivity (Wildman–Crippen MR) is 77.7 cm³/mol. The third-order valence-corrected chi connectivity index (χ3v) is 3.60. The number of nitrogens with one attached hydrogen (secondary N) is 1. The number of hydrogen-bond donors (Lipinski definition) is 1. The van der Waals surface area contributed by atoms with Crippen LogP contribution < -0.4 is 5.32 Å². The maximum atomic E-state index is 11.6. The lowest BCUT2D eigenvalue weighted by molar-refractivity contribution is -0.109. The van der Waals surface area contributed by atoms with Crippen molar-refractivity contribution in [2.24, 2.45) is 0 Å². The fourth-order valence-corrected chi connectivity index (χ4v) is 2.18. The first-order chi connectivity index (χ1) is 9.53. The fraction of sp³-hybridized carbons (Fsp3) is 0.429. The van der Waals surface area contributed by atoms with Crippen LogP contribution in [0.3, 0.4) is 0 Å². The summed E-state index contributed by atoms with van der Waals surface area (Å²) >= 11 is 0. The van der Waals surface area contributed by atoms with Crippen LogP contribution >= 0.6 is 0 Å². The van der Waals surface area contributed by atoms with Gasteiger partial charge in [-0.05, 0) is 38.5 Å². The van der Waals surface area contributed by atoms with Gasteiger partial charge < -0.3 is 14.8 Å². The lowest BCUT2D eigenvalue weighted by atomic mass is 10.1. The van der Waals surface area contributed by atoms with Crippen LogP contribution in [-0.2, 0) is 19.4 Å². The number of hydrogen-bond acceptors (Lipinski definition) is 5. The van der Waals surface area contributed by atoms with Crippen molar-refractivity contribution in [1.82, 2.24) is 5.32 Å². The van der Waals surface area contributed by atoms with Gasteiger partial charge in [0.15, 0.2) is 9.84 Å². The predicted octanol–water partition coefficient (Wildman–Crippen LogP) is 1.85. The standard InChI is InChI=1S/C14H19NO5S/c1-14(2,3)20-13(17)15-12(9-16)10-5-7-11(8-6-10)21(4,18)19/h5-9,12H,1-4H3,(H,15,17). The number of sulfone groups is 1. The third kappa shape index (κ3) is 5.55. The number of carbonyl (C=O) groups is 2. The topological polar surface area (TPSA) is 89.5 Å². The number of amides is 1. The van der Waals surface area contributed by atoms with Crippen molar-refractivity contribution in [3.8, 4) is 0 Å². The lowest BCUT2D eigenvalue weighted by Gasteiger charge is -2.21. The van der Waals surface area contributed by atoms with Crippen LogP contribution in [-0.4, -0.2) is 32.7 Å². The number of carbonyl (C=O) groups excluding carboxylic acids is 2. The molecule has 1 aromatic rings. The summed E-state index contributed by atoms with van der Waals surface area (Å²) in [5.74, 6) is 0. The van der Waals surface area contributed by atoms with E-state index in [1.807, 2.05) is 0 Å². The van der Waals surface area contributed by atoms with Crippen molar-refractivity contribution >= 4 is 22.2 Å². The second kappa shape index (κ2) is 6.26. The summed E-state index contributed by atoms with van der Waals surface area (Å²) in [7, 11) is -3.30. The highest BCUT2D eigenvalue weighted by Gasteiger charge is 2.20. The highest BCUT2D eigenvalue weighted by Crippen LogP contribution is 2.16. The molecule has 0 radical (unpaired) electrons. The highest BCUT2D eigenvalue weighted by atomic mass is 32.2. The molecule has 6 nitrogen and oxygen atoms in total. The quantitative estimate of drug-likeness (QED) is 0.857. The minimum atomic E-state index is -3.30. The molecule has 1 aromatic carbocycles. The van der Waals surface area contributed by atoms with Crippen LogP contribution in [0.4, 0.5) is 4.79 Å². The molecule has 0 saturated heterocycles. The van der Waals surface area contributed by atoms with Crippen LogP contribution in [0, 0.1) is 0 Å². The van der Waals surface area contributed by atoms with Gasteiger partial charge in [0, 0.05) is 6.26 Å². The molecule has 1 amide bonds. The van der Waals surface area contributed by atoms with E-state index in [0.717, 1.165) is 6.26 Å². The largest absolute Gasteiger partial charge is 0.444 e. The Morgan fingerprint density at radius 1 is 1.24 bits per heavy atom. The summed E-state index contributed by atoms with van der Waals surface area (Å²) < 4.78 is 27.8. The van der Waals surface area contributed by atoms with Gasteiger partial charge in [0.25, 0.3) is 0 Å². The molecule has 7 heteroatoms. The van der Waals surface area contributed by atoms with Gasteiger partial charge in [-0.3, -0.25) is 0 Å². The Bertz CT molecular complexity index is 614. The average molecular weight is 313 g/mol. The number of benzene rings is 1. The Hall–Kier alpha value is -1.89. The molecule has 21 heavy (non-hydrogen) atoms. The first-order valence-electron chi connectivity index (χ1n) is 6.28. The zero-order valence-corrected chi connectivity index (χ0v) is 13.2. The van der Waals surface area contributed by atoms with Gasteiger partial charge in [0.2, 0.25) is 0 Å². The smallest absolute Gasteiger partial charge is 0.408 e. The van der Waals surface area contributed by atoms with Crippen LogP contribution in [0.15, 0.2) is 29.2 Å². The summed E-state index contributed by atoms with van der Waals surface area (Å²) in [4.78, 5) is 22.9. The number of ether oxygens (including phenoxy) is 1. The molecule has 0 spiro atoms. The van der Waals surface area contributed by atoms with E-state index in [1.165, 1.54) is 24.3 Å². The summed E-state index contributed by atoms with van der Waals surface area (Å²) in [5, 5.41) is 2.42. The van der Waals surface area contributed by atoms with Crippen molar-refractivity contribution in [3.63, 3.8) is 0 Å². The molecule has 0 saturated carbocycles. The highest BCUT2D eigenvalue weighted by molar-refractivity contribution is 7.90. The molecule has 1 N–H and O–H groups in total. The molecule has 1 rings (SSSR count). The Kier molecular flexibility index (Phi) is 5.11. The molecule has 1 unspecified atom stereocenters. The van der Waals surface area contributed by atoms with E-state index in [-0.39, 0.29) is 4.90 Å². The molecule has 1 atom stereocenters. The van der Waals surface area contributed by atoms with E-state index in [4.69, 9.17) is 4.74 Å². The summed E-state index contributed by atoms with van der Waals surface area (Å²) in [6, 6.07) is 4.84. The van der Waals surface area contributed by atoms with Gasteiger partial charge in [-0.25, -0.2) is 13.2 Å². The van der Waals surface area contributed by atoms with Crippen molar-refractivity contribution in [2.45, 2.75) is 37.3 Å². The Balaban J connectivity index is 2.86.